The van der Waals surface area contributed by atoms with Crippen LogP contribution in [0.15, 0.2) is 34.9 Å². The van der Waals surface area contributed by atoms with Gasteiger partial charge in [0.2, 0.25) is 0 Å². The molecule has 0 aliphatic heterocycles. The predicted octanol–water partition coefficient (Wildman–Crippen LogP) is 4.14. The molecule has 0 fully saturated rings. The molecule has 2 rings (SSSR count). The first-order valence-corrected chi connectivity index (χ1v) is 7.05. The molecular formula is C15H17BrN2O. The molecule has 100 valence electrons. The third kappa shape index (κ3) is 2.89. The van der Waals surface area contributed by atoms with Gasteiger partial charge in [-0.15, -0.1) is 0 Å². The Balaban J connectivity index is 2.28. The predicted molar refractivity (Wildman–Crippen MR) is 81.7 cm³/mol. The van der Waals surface area contributed by atoms with Crippen LogP contribution < -0.4 is 5.32 Å². The Labute approximate surface area is 121 Å². The molecule has 0 aliphatic rings. The maximum absolute atomic E-state index is 12.3. The van der Waals surface area contributed by atoms with Gasteiger partial charge < -0.3 is 9.88 Å². The zero-order valence-corrected chi connectivity index (χ0v) is 12.9. The summed E-state index contributed by atoms with van der Waals surface area (Å²) in [6.07, 6.45) is 1.91. The summed E-state index contributed by atoms with van der Waals surface area (Å²) < 4.78 is 2.84. The Kier molecular flexibility index (Phi) is 4.10. The van der Waals surface area contributed by atoms with Crippen LogP contribution >= 0.6 is 15.9 Å². The van der Waals surface area contributed by atoms with E-state index in [0.717, 1.165) is 22.3 Å². The zero-order chi connectivity index (χ0) is 14.0. The third-order valence-corrected chi connectivity index (χ3v) is 3.72. The number of aryl methyl sites for hydroxylation is 2. The number of carbonyl (C=O) groups excluding carboxylic acids is 1. The fourth-order valence-corrected chi connectivity index (χ4v) is 2.46. The van der Waals surface area contributed by atoms with E-state index < -0.39 is 0 Å². The van der Waals surface area contributed by atoms with E-state index in [1.807, 2.05) is 55.8 Å². The Morgan fingerprint density at radius 1 is 1.37 bits per heavy atom. The minimum Gasteiger partial charge on any atom is -0.343 e. The van der Waals surface area contributed by atoms with Gasteiger partial charge in [-0.3, -0.25) is 4.79 Å². The number of nitrogens with zero attached hydrogens (tertiary/aromatic N) is 1. The van der Waals surface area contributed by atoms with Gasteiger partial charge in [0.05, 0.1) is 0 Å². The monoisotopic (exact) mass is 320 g/mol. The summed E-state index contributed by atoms with van der Waals surface area (Å²) in [6.45, 7) is 6.83. The molecule has 0 saturated carbocycles. The van der Waals surface area contributed by atoms with Gasteiger partial charge in [0, 0.05) is 22.9 Å². The number of halogens is 1. The highest BCUT2D eigenvalue weighted by Crippen LogP contribution is 2.20. The van der Waals surface area contributed by atoms with E-state index in [9.17, 15) is 4.79 Å². The van der Waals surface area contributed by atoms with Crippen molar-refractivity contribution in [3.63, 3.8) is 0 Å². The smallest absolute Gasteiger partial charge is 0.272 e. The lowest BCUT2D eigenvalue weighted by atomic mass is 10.1. The van der Waals surface area contributed by atoms with Crippen molar-refractivity contribution in [1.29, 1.82) is 0 Å². The van der Waals surface area contributed by atoms with Gasteiger partial charge in [0.1, 0.15) is 5.69 Å². The van der Waals surface area contributed by atoms with Crippen LogP contribution in [0, 0.1) is 13.8 Å². The van der Waals surface area contributed by atoms with Crippen molar-refractivity contribution in [3.8, 4) is 0 Å². The van der Waals surface area contributed by atoms with E-state index in [0.29, 0.717) is 5.69 Å². The van der Waals surface area contributed by atoms with Crippen molar-refractivity contribution in [1.82, 2.24) is 4.57 Å². The van der Waals surface area contributed by atoms with Crippen LogP contribution in [0.5, 0.6) is 0 Å². The molecule has 1 N–H and O–H groups in total. The summed E-state index contributed by atoms with van der Waals surface area (Å²) in [7, 11) is 0. The second kappa shape index (κ2) is 5.61. The first-order valence-electron chi connectivity index (χ1n) is 6.26. The van der Waals surface area contributed by atoms with E-state index in [-0.39, 0.29) is 5.91 Å². The molecule has 0 atom stereocenters. The second-order valence-corrected chi connectivity index (χ2v) is 5.45. The maximum atomic E-state index is 12.3. The minimum absolute atomic E-state index is 0.0822. The highest BCUT2D eigenvalue weighted by molar-refractivity contribution is 9.10. The summed E-state index contributed by atoms with van der Waals surface area (Å²) in [5.41, 5.74) is 3.80. The number of nitrogens with one attached hydrogen (secondary N) is 1. The van der Waals surface area contributed by atoms with Gasteiger partial charge in [-0.1, -0.05) is 12.1 Å². The summed E-state index contributed by atoms with van der Waals surface area (Å²) in [6, 6.07) is 7.75. The van der Waals surface area contributed by atoms with Crippen LogP contribution in [-0.4, -0.2) is 10.5 Å². The Morgan fingerprint density at radius 3 is 2.79 bits per heavy atom. The average Bonchev–Trinajstić information content (AvgIpc) is 2.76. The molecule has 0 radical (unpaired) electrons. The molecule has 1 aromatic carbocycles. The van der Waals surface area contributed by atoms with E-state index >= 15 is 0 Å². The standard InChI is InChI=1S/C15H17BrN2O/c1-4-18-9-12(16)8-14(18)15(19)17-13-7-5-6-10(2)11(13)3/h5-9H,4H2,1-3H3,(H,17,19). The molecule has 0 aliphatic carbocycles. The van der Waals surface area contributed by atoms with Crippen LogP contribution in [-0.2, 0) is 6.54 Å². The highest BCUT2D eigenvalue weighted by Gasteiger charge is 2.13. The fraction of sp³-hybridized carbons (Fsp3) is 0.267. The summed E-state index contributed by atoms with van der Waals surface area (Å²) in [5, 5.41) is 2.97. The molecule has 0 spiro atoms. The summed E-state index contributed by atoms with van der Waals surface area (Å²) >= 11 is 3.40. The van der Waals surface area contributed by atoms with Crippen LogP contribution in [0.1, 0.15) is 28.5 Å². The minimum atomic E-state index is -0.0822. The SMILES string of the molecule is CCn1cc(Br)cc1C(=O)Nc1cccc(C)c1C. The Hall–Kier alpha value is -1.55. The quantitative estimate of drug-likeness (QED) is 0.906. The second-order valence-electron chi connectivity index (χ2n) is 4.53. The van der Waals surface area contributed by atoms with Gasteiger partial charge in [-0.2, -0.15) is 0 Å². The van der Waals surface area contributed by atoms with Gasteiger partial charge >= 0.3 is 0 Å². The molecule has 1 heterocycles. The van der Waals surface area contributed by atoms with E-state index in [4.69, 9.17) is 0 Å². The van der Waals surface area contributed by atoms with E-state index in [1.165, 1.54) is 5.56 Å². The molecule has 3 nitrogen and oxygen atoms in total. The van der Waals surface area contributed by atoms with Gasteiger partial charge in [-0.25, -0.2) is 0 Å². The third-order valence-electron chi connectivity index (χ3n) is 3.29. The van der Waals surface area contributed by atoms with Crippen LogP contribution in [0.3, 0.4) is 0 Å². The van der Waals surface area contributed by atoms with Crippen molar-refractivity contribution >= 4 is 27.5 Å². The molecule has 2 aromatic rings. The van der Waals surface area contributed by atoms with Gasteiger partial charge in [-0.05, 0) is 60.0 Å². The summed E-state index contributed by atoms with van der Waals surface area (Å²) in [5.74, 6) is -0.0822. The Bertz CT molecular complexity index is 617. The van der Waals surface area contributed by atoms with Crippen molar-refractivity contribution in [2.75, 3.05) is 5.32 Å². The largest absolute Gasteiger partial charge is 0.343 e. The Morgan fingerprint density at radius 2 is 2.11 bits per heavy atom. The molecule has 0 unspecified atom stereocenters. The lowest BCUT2D eigenvalue weighted by molar-refractivity contribution is 0.101. The van der Waals surface area contributed by atoms with Gasteiger partial charge in [0.15, 0.2) is 0 Å². The van der Waals surface area contributed by atoms with Crippen LogP contribution in [0.25, 0.3) is 0 Å². The van der Waals surface area contributed by atoms with E-state index in [2.05, 4.69) is 21.2 Å². The highest BCUT2D eigenvalue weighted by atomic mass is 79.9. The van der Waals surface area contributed by atoms with Crippen molar-refractivity contribution in [3.05, 3.63) is 51.8 Å². The maximum Gasteiger partial charge on any atom is 0.272 e. The summed E-state index contributed by atoms with van der Waals surface area (Å²) in [4.78, 5) is 12.3. The number of hydrogen-bond donors (Lipinski definition) is 1. The lowest BCUT2D eigenvalue weighted by Gasteiger charge is -2.11. The van der Waals surface area contributed by atoms with Crippen molar-refractivity contribution in [2.24, 2.45) is 0 Å². The number of rotatable bonds is 3. The topological polar surface area (TPSA) is 34.0 Å². The number of aromatic nitrogens is 1. The van der Waals surface area contributed by atoms with Crippen LogP contribution in [0.4, 0.5) is 5.69 Å². The molecule has 4 heteroatoms. The lowest BCUT2D eigenvalue weighted by Crippen LogP contribution is -2.17. The average molecular weight is 321 g/mol. The van der Waals surface area contributed by atoms with Crippen molar-refractivity contribution in [2.45, 2.75) is 27.3 Å². The van der Waals surface area contributed by atoms with Crippen molar-refractivity contribution < 1.29 is 4.79 Å². The molecule has 0 bridgehead atoms. The van der Waals surface area contributed by atoms with E-state index in [1.54, 1.807) is 0 Å². The number of benzene rings is 1. The first-order chi connectivity index (χ1) is 9.02. The van der Waals surface area contributed by atoms with Gasteiger partial charge in [0.25, 0.3) is 5.91 Å². The zero-order valence-electron chi connectivity index (χ0n) is 11.3. The molecule has 19 heavy (non-hydrogen) atoms. The number of carbonyl (C=O) groups is 1. The van der Waals surface area contributed by atoms with Crippen LogP contribution in [0.2, 0.25) is 0 Å². The normalized spacial score (nSPS) is 10.5. The first kappa shape index (κ1) is 13.9. The fourth-order valence-electron chi connectivity index (χ4n) is 2.00. The number of anilines is 1. The molecule has 1 amide bonds. The number of hydrogen-bond acceptors (Lipinski definition) is 1. The number of amides is 1. The molecule has 0 saturated heterocycles. The molecular weight excluding hydrogens is 304 g/mol. The molecule has 1 aromatic heterocycles.